The molecule has 3 rings (SSSR count). The summed E-state index contributed by atoms with van der Waals surface area (Å²) in [5, 5.41) is 3.36. The number of likely N-dealkylation sites (tertiary alicyclic amines) is 2. The van der Waals surface area contributed by atoms with Gasteiger partial charge in [-0.15, -0.1) is 0 Å². The van der Waals surface area contributed by atoms with Crippen LogP contribution in [0.5, 0.6) is 0 Å². The predicted molar refractivity (Wildman–Crippen MR) is 84.2 cm³/mol. The Kier molecular flexibility index (Phi) is 4.82. The lowest BCUT2D eigenvalue weighted by atomic mass is 9.84. The fraction of sp³-hybridized carbons (Fsp3) is 0.938. The number of carbonyl (C=O) groups excluding carboxylic acids is 1. The number of hydrogen-bond donors (Lipinski definition) is 1. The SMILES string of the molecule is CC(C(=O)N1CCC2C(CCCN2C)C1)N1CCNCC1. The van der Waals surface area contributed by atoms with Crippen molar-refractivity contribution >= 4 is 5.91 Å². The van der Waals surface area contributed by atoms with Crippen molar-refractivity contribution in [2.75, 3.05) is 52.9 Å². The zero-order chi connectivity index (χ0) is 14.8. The Bertz CT molecular complexity index is 369. The van der Waals surface area contributed by atoms with E-state index in [1.165, 1.54) is 19.4 Å². The first-order valence-electron chi connectivity index (χ1n) is 8.60. The van der Waals surface area contributed by atoms with E-state index in [2.05, 4.69) is 34.0 Å². The number of carbonyl (C=O) groups is 1. The Morgan fingerprint density at radius 3 is 2.67 bits per heavy atom. The van der Waals surface area contributed by atoms with E-state index >= 15 is 0 Å². The van der Waals surface area contributed by atoms with Gasteiger partial charge in [0.1, 0.15) is 0 Å². The third-order valence-corrected chi connectivity index (χ3v) is 5.71. The third-order valence-electron chi connectivity index (χ3n) is 5.71. The lowest BCUT2D eigenvalue weighted by Crippen LogP contribution is -2.58. The molecule has 3 unspecified atom stereocenters. The van der Waals surface area contributed by atoms with Crippen LogP contribution in [0.2, 0.25) is 0 Å². The molecule has 3 heterocycles. The highest BCUT2D eigenvalue weighted by molar-refractivity contribution is 5.81. The van der Waals surface area contributed by atoms with Crippen LogP contribution >= 0.6 is 0 Å². The van der Waals surface area contributed by atoms with E-state index in [4.69, 9.17) is 0 Å². The summed E-state index contributed by atoms with van der Waals surface area (Å²) in [6, 6.07) is 0.752. The van der Waals surface area contributed by atoms with E-state index in [0.29, 0.717) is 17.9 Å². The Labute approximate surface area is 128 Å². The molecule has 0 aliphatic carbocycles. The monoisotopic (exact) mass is 294 g/mol. The molecule has 5 nitrogen and oxygen atoms in total. The molecule has 1 amide bonds. The zero-order valence-electron chi connectivity index (χ0n) is 13.6. The molecule has 120 valence electrons. The Hall–Kier alpha value is -0.650. The number of fused-ring (bicyclic) bond motifs is 1. The van der Waals surface area contributed by atoms with E-state index in [1.807, 2.05) is 0 Å². The molecule has 0 saturated carbocycles. The van der Waals surface area contributed by atoms with Crippen LogP contribution in [0.15, 0.2) is 0 Å². The molecule has 0 bridgehead atoms. The maximum atomic E-state index is 12.8. The fourth-order valence-electron chi connectivity index (χ4n) is 4.34. The van der Waals surface area contributed by atoms with Gasteiger partial charge in [-0.2, -0.15) is 0 Å². The topological polar surface area (TPSA) is 38.8 Å². The van der Waals surface area contributed by atoms with Gasteiger partial charge in [0, 0.05) is 45.3 Å². The minimum atomic E-state index is 0.0463. The summed E-state index contributed by atoms with van der Waals surface area (Å²) in [6.07, 6.45) is 3.73. The van der Waals surface area contributed by atoms with E-state index in [9.17, 15) is 4.79 Å². The first kappa shape index (κ1) is 15.3. The van der Waals surface area contributed by atoms with Crippen LogP contribution in [0.3, 0.4) is 0 Å². The molecule has 0 spiro atoms. The zero-order valence-corrected chi connectivity index (χ0v) is 13.6. The highest BCUT2D eigenvalue weighted by atomic mass is 16.2. The number of nitrogens with zero attached hydrogens (tertiary/aromatic N) is 3. The van der Waals surface area contributed by atoms with Crippen molar-refractivity contribution in [2.45, 2.75) is 38.3 Å². The number of piperidine rings is 2. The first-order chi connectivity index (χ1) is 10.2. The summed E-state index contributed by atoms with van der Waals surface area (Å²) < 4.78 is 0. The second-order valence-electron chi connectivity index (χ2n) is 6.99. The Morgan fingerprint density at radius 2 is 1.90 bits per heavy atom. The van der Waals surface area contributed by atoms with Gasteiger partial charge in [-0.25, -0.2) is 0 Å². The lowest BCUT2D eigenvalue weighted by molar-refractivity contribution is -0.140. The van der Waals surface area contributed by atoms with Crippen LogP contribution < -0.4 is 5.32 Å². The van der Waals surface area contributed by atoms with E-state index in [0.717, 1.165) is 45.7 Å². The summed E-state index contributed by atoms with van der Waals surface area (Å²) in [5.41, 5.74) is 0. The second-order valence-corrected chi connectivity index (χ2v) is 6.99. The summed E-state index contributed by atoms with van der Waals surface area (Å²) in [4.78, 5) is 19.8. The van der Waals surface area contributed by atoms with Gasteiger partial charge >= 0.3 is 0 Å². The lowest BCUT2D eigenvalue weighted by Gasteiger charge is -2.47. The van der Waals surface area contributed by atoms with Crippen LogP contribution in [-0.2, 0) is 4.79 Å². The summed E-state index contributed by atoms with van der Waals surface area (Å²) >= 11 is 0. The fourth-order valence-corrected chi connectivity index (χ4v) is 4.34. The molecule has 0 radical (unpaired) electrons. The molecule has 1 N–H and O–H groups in total. The molecule has 0 aromatic heterocycles. The molecule has 0 aromatic carbocycles. The van der Waals surface area contributed by atoms with E-state index < -0.39 is 0 Å². The number of nitrogens with one attached hydrogen (secondary N) is 1. The maximum absolute atomic E-state index is 12.8. The molecule has 0 aromatic rings. The van der Waals surface area contributed by atoms with Crippen LogP contribution in [0.25, 0.3) is 0 Å². The molecule has 5 heteroatoms. The predicted octanol–water partition coefficient (Wildman–Crippen LogP) is 0.223. The molecule has 21 heavy (non-hydrogen) atoms. The molecule has 3 aliphatic rings. The van der Waals surface area contributed by atoms with Crippen molar-refractivity contribution in [1.29, 1.82) is 0 Å². The van der Waals surface area contributed by atoms with Crippen molar-refractivity contribution in [3.63, 3.8) is 0 Å². The minimum absolute atomic E-state index is 0.0463. The standard InChI is InChI=1S/C16H30N4O/c1-13(19-10-6-17-7-11-19)16(21)20-9-5-15-14(12-20)4-3-8-18(15)2/h13-15,17H,3-12H2,1-2H3. The van der Waals surface area contributed by atoms with Gasteiger partial charge in [0.25, 0.3) is 0 Å². The minimum Gasteiger partial charge on any atom is -0.341 e. The average Bonchev–Trinajstić information content (AvgIpc) is 2.54. The van der Waals surface area contributed by atoms with E-state index in [1.54, 1.807) is 0 Å². The molecule has 3 saturated heterocycles. The van der Waals surface area contributed by atoms with Crippen molar-refractivity contribution in [3.8, 4) is 0 Å². The largest absolute Gasteiger partial charge is 0.341 e. The quantitative estimate of drug-likeness (QED) is 0.791. The molecule has 3 aliphatic heterocycles. The van der Waals surface area contributed by atoms with Crippen molar-refractivity contribution < 1.29 is 4.79 Å². The molecular formula is C16H30N4O. The van der Waals surface area contributed by atoms with Crippen LogP contribution in [0.1, 0.15) is 26.2 Å². The molecule has 3 fully saturated rings. The van der Waals surface area contributed by atoms with Gasteiger partial charge in [-0.05, 0) is 45.7 Å². The normalized spacial score (nSPS) is 33.5. The first-order valence-corrected chi connectivity index (χ1v) is 8.60. The second kappa shape index (κ2) is 6.63. The number of hydrogen-bond acceptors (Lipinski definition) is 4. The third kappa shape index (κ3) is 3.25. The van der Waals surface area contributed by atoms with Gasteiger partial charge in [0.2, 0.25) is 5.91 Å². The van der Waals surface area contributed by atoms with Gasteiger partial charge in [-0.3, -0.25) is 9.69 Å². The van der Waals surface area contributed by atoms with Gasteiger partial charge in [0.05, 0.1) is 6.04 Å². The highest BCUT2D eigenvalue weighted by Gasteiger charge is 2.37. The van der Waals surface area contributed by atoms with Gasteiger partial charge < -0.3 is 15.1 Å². The number of piperazine rings is 1. The van der Waals surface area contributed by atoms with Crippen molar-refractivity contribution in [3.05, 3.63) is 0 Å². The summed E-state index contributed by atoms with van der Waals surface area (Å²) in [7, 11) is 2.25. The highest BCUT2D eigenvalue weighted by Crippen LogP contribution is 2.30. The van der Waals surface area contributed by atoms with Crippen LogP contribution in [0, 0.1) is 5.92 Å². The molecule has 3 atom stereocenters. The number of rotatable bonds is 2. The maximum Gasteiger partial charge on any atom is 0.239 e. The number of amides is 1. The smallest absolute Gasteiger partial charge is 0.239 e. The van der Waals surface area contributed by atoms with Crippen LogP contribution in [-0.4, -0.2) is 85.6 Å². The van der Waals surface area contributed by atoms with E-state index in [-0.39, 0.29) is 6.04 Å². The summed E-state index contributed by atoms with van der Waals surface area (Å²) in [6.45, 7) is 9.25. The van der Waals surface area contributed by atoms with Gasteiger partial charge in [0.15, 0.2) is 0 Å². The summed E-state index contributed by atoms with van der Waals surface area (Å²) in [5.74, 6) is 1.04. The van der Waals surface area contributed by atoms with Crippen LogP contribution in [0.4, 0.5) is 0 Å². The van der Waals surface area contributed by atoms with Crippen molar-refractivity contribution in [1.82, 2.24) is 20.0 Å². The Balaban J connectivity index is 1.58. The Morgan fingerprint density at radius 1 is 1.14 bits per heavy atom. The van der Waals surface area contributed by atoms with Gasteiger partial charge in [-0.1, -0.05) is 0 Å². The van der Waals surface area contributed by atoms with Crippen molar-refractivity contribution in [2.24, 2.45) is 5.92 Å². The molecular weight excluding hydrogens is 264 g/mol. The average molecular weight is 294 g/mol.